The van der Waals surface area contributed by atoms with Gasteiger partial charge in [0.2, 0.25) is 0 Å². The summed E-state index contributed by atoms with van der Waals surface area (Å²) in [6, 6.07) is 5.71. The molecule has 0 aliphatic carbocycles. The Balaban J connectivity index is 2.77. The predicted octanol–water partition coefficient (Wildman–Crippen LogP) is 1.96. The normalized spacial score (nSPS) is 14.5. The Morgan fingerprint density at radius 2 is 2.00 bits per heavy atom. The zero-order chi connectivity index (χ0) is 8.72. The van der Waals surface area contributed by atoms with Crippen LogP contribution in [0.4, 0.5) is 0 Å². The van der Waals surface area contributed by atoms with E-state index in [0.29, 0.717) is 0 Å². The van der Waals surface area contributed by atoms with Gasteiger partial charge in [-0.3, -0.25) is 4.79 Å². The zero-order valence-corrected chi connectivity index (χ0v) is 7.09. The van der Waals surface area contributed by atoms with Gasteiger partial charge < -0.3 is 0 Å². The fourth-order valence-corrected chi connectivity index (χ4v) is 1.59. The van der Waals surface area contributed by atoms with Gasteiger partial charge in [-0.05, 0) is 25.5 Å². The summed E-state index contributed by atoms with van der Waals surface area (Å²) in [5, 5.41) is 0. The van der Waals surface area contributed by atoms with Crippen LogP contribution in [-0.2, 0) is 0 Å². The van der Waals surface area contributed by atoms with Crippen LogP contribution in [0.1, 0.15) is 28.4 Å². The average molecular weight is 159 g/mol. The number of hydrogen-bond donors (Lipinski definition) is 0. The molecule has 0 spiro atoms. The first kappa shape index (κ1) is 7.22. The molecule has 2 nitrogen and oxygen atoms in total. The number of rotatable bonds is 0. The minimum atomic E-state index is -0.105. The monoisotopic (exact) mass is 159 g/mol. The number of fused-ring (bicyclic) bond motifs is 1. The molecule has 0 bridgehead atoms. The maximum Gasteiger partial charge on any atom is 0.277 e. The third-order valence-corrected chi connectivity index (χ3v) is 2.13. The molecule has 0 radical (unpaired) electrons. The van der Waals surface area contributed by atoms with E-state index in [2.05, 4.69) is 4.99 Å². The van der Waals surface area contributed by atoms with Crippen LogP contribution in [0.15, 0.2) is 23.2 Å². The van der Waals surface area contributed by atoms with E-state index in [-0.39, 0.29) is 5.91 Å². The topological polar surface area (TPSA) is 29.4 Å². The van der Waals surface area contributed by atoms with Gasteiger partial charge in [0, 0.05) is 11.3 Å². The predicted molar refractivity (Wildman–Crippen MR) is 47.7 cm³/mol. The lowest BCUT2D eigenvalue weighted by Gasteiger charge is -2.00. The smallest absolute Gasteiger partial charge is 0.267 e. The second-order valence-electron chi connectivity index (χ2n) is 3.00. The Labute approximate surface area is 70.9 Å². The van der Waals surface area contributed by atoms with Crippen molar-refractivity contribution in [3.63, 3.8) is 0 Å². The number of hydrogen-bond acceptors (Lipinski definition) is 1. The van der Waals surface area contributed by atoms with Crippen molar-refractivity contribution in [2.24, 2.45) is 4.99 Å². The van der Waals surface area contributed by atoms with Crippen molar-refractivity contribution in [2.45, 2.75) is 13.8 Å². The molecule has 2 rings (SSSR count). The van der Waals surface area contributed by atoms with E-state index < -0.39 is 0 Å². The lowest BCUT2D eigenvalue weighted by Crippen LogP contribution is -1.96. The quantitative estimate of drug-likeness (QED) is 0.569. The van der Waals surface area contributed by atoms with Crippen molar-refractivity contribution in [2.75, 3.05) is 0 Å². The van der Waals surface area contributed by atoms with Crippen LogP contribution in [0.3, 0.4) is 0 Å². The van der Waals surface area contributed by atoms with E-state index in [0.717, 1.165) is 22.4 Å². The van der Waals surface area contributed by atoms with Crippen molar-refractivity contribution in [3.05, 3.63) is 34.9 Å². The molecule has 1 aromatic carbocycles. The lowest BCUT2D eigenvalue weighted by atomic mass is 10.0. The lowest BCUT2D eigenvalue weighted by molar-refractivity contribution is 0.101. The number of amides is 1. The van der Waals surface area contributed by atoms with Crippen molar-refractivity contribution < 1.29 is 4.79 Å². The van der Waals surface area contributed by atoms with Gasteiger partial charge in [0.25, 0.3) is 5.91 Å². The fourth-order valence-electron chi connectivity index (χ4n) is 1.59. The van der Waals surface area contributed by atoms with Crippen LogP contribution in [0.5, 0.6) is 0 Å². The first-order valence-corrected chi connectivity index (χ1v) is 3.90. The standard InChI is InChI=1S/C10H9NO/c1-6-4-3-5-8-9(6)7(2)11-10(8)12/h3-5H,1-2H3. The van der Waals surface area contributed by atoms with E-state index >= 15 is 0 Å². The average Bonchev–Trinajstić information content (AvgIpc) is 2.29. The first-order chi connectivity index (χ1) is 5.70. The van der Waals surface area contributed by atoms with Crippen molar-refractivity contribution in [3.8, 4) is 0 Å². The van der Waals surface area contributed by atoms with E-state index in [1.54, 1.807) is 0 Å². The maximum atomic E-state index is 11.2. The summed E-state index contributed by atoms with van der Waals surface area (Å²) in [5.41, 5.74) is 3.72. The second kappa shape index (κ2) is 2.27. The van der Waals surface area contributed by atoms with Crippen LogP contribution in [0.2, 0.25) is 0 Å². The molecule has 0 fully saturated rings. The first-order valence-electron chi connectivity index (χ1n) is 3.90. The van der Waals surface area contributed by atoms with Gasteiger partial charge in [-0.15, -0.1) is 0 Å². The third-order valence-electron chi connectivity index (χ3n) is 2.13. The summed E-state index contributed by atoms with van der Waals surface area (Å²) in [5.74, 6) is -0.105. The second-order valence-corrected chi connectivity index (χ2v) is 3.00. The number of aryl methyl sites for hydroxylation is 1. The molecular weight excluding hydrogens is 150 g/mol. The van der Waals surface area contributed by atoms with Crippen LogP contribution in [-0.4, -0.2) is 11.6 Å². The third kappa shape index (κ3) is 0.811. The molecule has 0 N–H and O–H groups in total. The number of carbonyl (C=O) groups excluding carboxylic acids is 1. The SMILES string of the molecule is CC1=NC(=O)c2cccc(C)c21. The summed E-state index contributed by atoms with van der Waals surface area (Å²) in [6.07, 6.45) is 0. The summed E-state index contributed by atoms with van der Waals surface area (Å²) < 4.78 is 0. The fraction of sp³-hybridized carbons (Fsp3) is 0.200. The van der Waals surface area contributed by atoms with E-state index in [4.69, 9.17) is 0 Å². The Hall–Kier alpha value is -1.44. The molecular formula is C10H9NO. The van der Waals surface area contributed by atoms with E-state index in [9.17, 15) is 4.79 Å². The molecule has 1 aromatic rings. The minimum absolute atomic E-state index is 0.105. The largest absolute Gasteiger partial charge is 0.277 e. The Kier molecular flexibility index (Phi) is 1.37. The Morgan fingerprint density at radius 3 is 2.67 bits per heavy atom. The van der Waals surface area contributed by atoms with Crippen molar-refractivity contribution in [1.82, 2.24) is 0 Å². The molecule has 0 unspecified atom stereocenters. The van der Waals surface area contributed by atoms with Gasteiger partial charge in [0.1, 0.15) is 0 Å². The minimum Gasteiger partial charge on any atom is -0.267 e. The highest BCUT2D eigenvalue weighted by molar-refractivity contribution is 6.21. The molecule has 2 heteroatoms. The summed E-state index contributed by atoms with van der Waals surface area (Å²) >= 11 is 0. The molecule has 1 amide bonds. The summed E-state index contributed by atoms with van der Waals surface area (Å²) in [6.45, 7) is 3.87. The maximum absolute atomic E-state index is 11.2. The zero-order valence-electron chi connectivity index (χ0n) is 7.09. The van der Waals surface area contributed by atoms with Gasteiger partial charge in [-0.2, -0.15) is 0 Å². The molecule has 1 aliphatic heterocycles. The molecule has 0 saturated heterocycles. The van der Waals surface area contributed by atoms with E-state index in [1.165, 1.54) is 0 Å². The number of nitrogens with zero attached hydrogens (tertiary/aromatic N) is 1. The van der Waals surface area contributed by atoms with Gasteiger partial charge in [-0.1, -0.05) is 12.1 Å². The molecule has 0 aromatic heterocycles. The highest BCUT2D eigenvalue weighted by Crippen LogP contribution is 2.21. The molecule has 12 heavy (non-hydrogen) atoms. The molecule has 0 atom stereocenters. The van der Waals surface area contributed by atoms with Crippen molar-refractivity contribution in [1.29, 1.82) is 0 Å². The van der Waals surface area contributed by atoms with Gasteiger partial charge in [-0.25, -0.2) is 4.99 Å². The van der Waals surface area contributed by atoms with E-state index in [1.807, 2.05) is 32.0 Å². The summed E-state index contributed by atoms with van der Waals surface area (Å²) in [4.78, 5) is 15.1. The van der Waals surface area contributed by atoms with Crippen LogP contribution in [0, 0.1) is 6.92 Å². The van der Waals surface area contributed by atoms with Gasteiger partial charge >= 0.3 is 0 Å². The van der Waals surface area contributed by atoms with Crippen LogP contribution < -0.4 is 0 Å². The number of carbonyl (C=O) groups is 1. The number of benzene rings is 1. The highest BCUT2D eigenvalue weighted by Gasteiger charge is 2.20. The van der Waals surface area contributed by atoms with Crippen molar-refractivity contribution >= 4 is 11.6 Å². The number of aliphatic imine (C=N–C) groups is 1. The van der Waals surface area contributed by atoms with Crippen LogP contribution >= 0.6 is 0 Å². The van der Waals surface area contributed by atoms with Gasteiger partial charge in [0.15, 0.2) is 0 Å². The molecule has 0 saturated carbocycles. The summed E-state index contributed by atoms with van der Waals surface area (Å²) in [7, 11) is 0. The molecule has 1 heterocycles. The molecule has 60 valence electrons. The Morgan fingerprint density at radius 1 is 1.25 bits per heavy atom. The van der Waals surface area contributed by atoms with Crippen LogP contribution in [0.25, 0.3) is 0 Å². The van der Waals surface area contributed by atoms with Gasteiger partial charge in [0.05, 0.1) is 5.56 Å². The molecule has 1 aliphatic rings. The highest BCUT2D eigenvalue weighted by atomic mass is 16.1. The Bertz CT molecular complexity index is 391.